The van der Waals surface area contributed by atoms with E-state index >= 15 is 0 Å². The van der Waals surface area contributed by atoms with Crippen molar-refractivity contribution in [3.63, 3.8) is 0 Å². The Hall–Kier alpha value is -1.51. The molecule has 0 radical (unpaired) electrons. The van der Waals surface area contributed by atoms with E-state index in [9.17, 15) is 19.1 Å². The fraction of sp³-hybridized carbons (Fsp3) is 0.600. The van der Waals surface area contributed by atoms with Crippen molar-refractivity contribution in [2.24, 2.45) is 0 Å². The number of H-pyrrole nitrogens is 1. The fourth-order valence-electron chi connectivity index (χ4n) is 1.87. The van der Waals surface area contributed by atoms with Gasteiger partial charge in [-0.15, -0.1) is 0 Å². The molecule has 0 amide bonds. The van der Waals surface area contributed by atoms with E-state index in [-0.39, 0.29) is 0 Å². The summed E-state index contributed by atoms with van der Waals surface area (Å²) in [6, 6.07) is 1.04. The highest BCUT2D eigenvalue weighted by atomic mass is 19.1. The molecular weight excluding hydrogens is 247 g/mol. The van der Waals surface area contributed by atoms with Gasteiger partial charge in [0.1, 0.15) is 11.7 Å². The molecule has 0 bridgehead atoms. The molecule has 7 nitrogen and oxygen atoms in total. The number of hydrogen-bond donors (Lipinski definition) is 3. The van der Waals surface area contributed by atoms with Gasteiger partial charge in [0, 0.05) is 12.3 Å². The molecule has 3 N–H and O–H groups in total. The molecular formula is C10H13FN2O5. The minimum absolute atomic E-state index is 0.594. The van der Waals surface area contributed by atoms with Gasteiger partial charge in [0.2, 0.25) is 0 Å². The third kappa shape index (κ3) is 1.88. The maximum absolute atomic E-state index is 13.9. The van der Waals surface area contributed by atoms with Gasteiger partial charge in [0.05, 0.1) is 6.61 Å². The minimum atomic E-state index is -1.88. The molecule has 0 saturated carbocycles. The molecule has 1 unspecified atom stereocenters. The van der Waals surface area contributed by atoms with Crippen LogP contribution < -0.4 is 11.2 Å². The lowest BCUT2D eigenvalue weighted by atomic mass is 9.99. The molecule has 0 aromatic carbocycles. The lowest BCUT2D eigenvalue weighted by molar-refractivity contribution is -0.117. The third-order valence-electron chi connectivity index (χ3n) is 3.03. The number of aliphatic hydroxyl groups is 2. The molecule has 1 aliphatic rings. The Labute approximate surface area is 100 Å². The average molecular weight is 260 g/mol. The van der Waals surface area contributed by atoms with Crippen LogP contribution in [0.15, 0.2) is 21.9 Å². The molecule has 4 atom stereocenters. The van der Waals surface area contributed by atoms with Gasteiger partial charge in [-0.1, -0.05) is 0 Å². The summed E-state index contributed by atoms with van der Waals surface area (Å²) in [5.41, 5.74) is -2.95. The number of hydrogen-bond acceptors (Lipinski definition) is 5. The van der Waals surface area contributed by atoms with Gasteiger partial charge in [-0.05, 0) is 6.92 Å². The summed E-state index contributed by atoms with van der Waals surface area (Å²) in [6.45, 7) is 0.740. The summed E-state index contributed by atoms with van der Waals surface area (Å²) in [5, 5.41) is 18.7. The van der Waals surface area contributed by atoms with E-state index in [4.69, 9.17) is 9.84 Å². The molecule has 1 saturated heterocycles. The molecule has 1 aliphatic heterocycles. The Bertz CT molecular complexity index is 556. The van der Waals surface area contributed by atoms with E-state index in [0.29, 0.717) is 0 Å². The topological polar surface area (TPSA) is 105 Å². The van der Waals surface area contributed by atoms with E-state index < -0.39 is 42.0 Å². The van der Waals surface area contributed by atoms with E-state index in [0.717, 1.165) is 16.8 Å². The van der Waals surface area contributed by atoms with Gasteiger partial charge in [-0.3, -0.25) is 14.3 Å². The van der Waals surface area contributed by atoms with Crippen LogP contribution in [0.25, 0.3) is 0 Å². The van der Waals surface area contributed by atoms with Crippen LogP contribution in [-0.4, -0.2) is 44.2 Å². The standard InChI is InChI=1S/C10H13FN2O5/c1-10(4-14)7(16)6(11)8(18-10)13-3-2-5(15)12-9(13)17/h2-3,6-8,14,16H,4H2,1H3,(H,12,15,17)/t6?,7-,8+,10+/m0/s1. The maximum atomic E-state index is 13.9. The Kier molecular flexibility index (Phi) is 3.09. The van der Waals surface area contributed by atoms with Crippen LogP contribution in [0.2, 0.25) is 0 Å². The average Bonchev–Trinajstić information content (AvgIpc) is 2.55. The zero-order valence-electron chi connectivity index (χ0n) is 9.54. The second-order valence-electron chi connectivity index (χ2n) is 4.39. The summed E-state index contributed by atoms with van der Waals surface area (Å²) < 4.78 is 19.9. The monoisotopic (exact) mass is 260 g/mol. The number of halogens is 1. The first-order chi connectivity index (χ1) is 8.39. The minimum Gasteiger partial charge on any atom is -0.393 e. The highest BCUT2D eigenvalue weighted by molar-refractivity contribution is 4.99. The Balaban J connectivity index is 2.41. The molecule has 1 fully saturated rings. The number of ether oxygens (including phenoxy) is 1. The predicted molar refractivity (Wildman–Crippen MR) is 57.8 cm³/mol. The van der Waals surface area contributed by atoms with Crippen molar-refractivity contribution < 1.29 is 19.3 Å². The quantitative estimate of drug-likeness (QED) is 0.601. The van der Waals surface area contributed by atoms with Gasteiger partial charge in [-0.25, -0.2) is 9.18 Å². The largest absolute Gasteiger partial charge is 0.393 e. The van der Waals surface area contributed by atoms with Gasteiger partial charge in [-0.2, -0.15) is 0 Å². The zero-order valence-corrected chi connectivity index (χ0v) is 9.54. The number of nitrogens with zero attached hydrogens (tertiary/aromatic N) is 1. The zero-order chi connectivity index (χ0) is 13.5. The van der Waals surface area contributed by atoms with Crippen LogP contribution >= 0.6 is 0 Å². The number of rotatable bonds is 2. The normalized spacial score (nSPS) is 35.9. The van der Waals surface area contributed by atoms with Crippen LogP contribution in [-0.2, 0) is 4.74 Å². The van der Waals surface area contributed by atoms with Crippen molar-refractivity contribution in [1.29, 1.82) is 0 Å². The van der Waals surface area contributed by atoms with Crippen molar-refractivity contribution >= 4 is 0 Å². The molecule has 2 heterocycles. The van der Waals surface area contributed by atoms with Crippen LogP contribution in [0.5, 0.6) is 0 Å². The smallest absolute Gasteiger partial charge is 0.330 e. The van der Waals surface area contributed by atoms with E-state index in [1.165, 1.54) is 6.92 Å². The van der Waals surface area contributed by atoms with E-state index in [1.54, 1.807) is 0 Å². The number of nitrogens with one attached hydrogen (secondary N) is 1. The van der Waals surface area contributed by atoms with Gasteiger partial charge in [0.25, 0.3) is 5.56 Å². The predicted octanol–water partition coefficient (Wildman–Crippen LogP) is -1.48. The summed E-state index contributed by atoms with van der Waals surface area (Å²) in [4.78, 5) is 24.3. The van der Waals surface area contributed by atoms with Gasteiger partial charge in [0.15, 0.2) is 12.4 Å². The molecule has 1 aromatic heterocycles. The maximum Gasteiger partial charge on any atom is 0.330 e. The lowest BCUT2D eigenvalue weighted by Crippen LogP contribution is -2.42. The molecule has 100 valence electrons. The summed E-state index contributed by atoms with van der Waals surface area (Å²) in [7, 11) is 0. The highest BCUT2D eigenvalue weighted by Crippen LogP contribution is 2.37. The molecule has 0 spiro atoms. The first kappa shape index (κ1) is 12.9. The molecule has 2 rings (SSSR count). The van der Waals surface area contributed by atoms with Gasteiger partial charge < -0.3 is 14.9 Å². The fourth-order valence-corrected chi connectivity index (χ4v) is 1.87. The van der Waals surface area contributed by atoms with Crippen LogP contribution in [0.3, 0.4) is 0 Å². The van der Waals surface area contributed by atoms with E-state index in [2.05, 4.69) is 0 Å². The van der Waals surface area contributed by atoms with Crippen molar-refractivity contribution in [2.75, 3.05) is 6.61 Å². The molecule has 1 aromatic rings. The van der Waals surface area contributed by atoms with Crippen molar-refractivity contribution in [2.45, 2.75) is 31.0 Å². The summed E-state index contributed by atoms with van der Waals surface area (Å²) >= 11 is 0. The first-order valence-corrected chi connectivity index (χ1v) is 5.31. The van der Waals surface area contributed by atoms with Crippen molar-refractivity contribution in [3.05, 3.63) is 33.1 Å². The van der Waals surface area contributed by atoms with Crippen LogP contribution in [0.1, 0.15) is 13.2 Å². The summed E-state index contributed by atoms with van der Waals surface area (Å²) in [6.07, 6.45) is -3.76. The first-order valence-electron chi connectivity index (χ1n) is 5.31. The summed E-state index contributed by atoms with van der Waals surface area (Å²) in [5.74, 6) is 0. The van der Waals surface area contributed by atoms with E-state index in [1.807, 2.05) is 4.98 Å². The lowest BCUT2D eigenvalue weighted by Gasteiger charge is -2.24. The molecule has 18 heavy (non-hydrogen) atoms. The van der Waals surface area contributed by atoms with Gasteiger partial charge >= 0.3 is 5.69 Å². The molecule has 0 aliphatic carbocycles. The second-order valence-corrected chi connectivity index (χ2v) is 4.39. The van der Waals surface area contributed by atoms with Crippen LogP contribution in [0.4, 0.5) is 4.39 Å². The molecule has 8 heteroatoms. The van der Waals surface area contributed by atoms with Crippen molar-refractivity contribution in [3.8, 4) is 0 Å². The number of alkyl halides is 1. The SMILES string of the molecule is C[C@]1(CO)O[C@@H](n2ccc(=O)[nH]c2=O)C(F)[C@@H]1O. The third-order valence-corrected chi connectivity index (χ3v) is 3.03. The Morgan fingerprint density at radius 2 is 2.28 bits per heavy atom. The number of aliphatic hydroxyl groups excluding tert-OH is 2. The number of aromatic amines is 1. The second kappa shape index (κ2) is 4.30. The number of aromatic nitrogens is 2. The highest BCUT2D eigenvalue weighted by Gasteiger charge is 2.53. The Morgan fingerprint density at radius 3 is 2.78 bits per heavy atom. The Morgan fingerprint density at radius 1 is 1.61 bits per heavy atom. The van der Waals surface area contributed by atoms with Crippen LogP contribution in [0, 0.1) is 0 Å². The van der Waals surface area contributed by atoms with Crippen molar-refractivity contribution in [1.82, 2.24) is 9.55 Å².